The van der Waals surface area contributed by atoms with Gasteiger partial charge in [0.15, 0.2) is 5.96 Å². The van der Waals surface area contributed by atoms with E-state index in [-0.39, 0.29) is 0 Å². The lowest BCUT2D eigenvalue weighted by Gasteiger charge is -2.34. The number of aromatic nitrogens is 1. The molecule has 1 aliphatic heterocycles. The lowest BCUT2D eigenvalue weighted by atomic mass is 10.2. The molecule has 0 amide bonds. The maximum atomic E-state index is 5.81. The van der Waals surface area contributed by atoms with Crippen molar-refractivity contribution in [2.75, 3.05) is 46.0 Å². The Labute approximate surface area is 188 Å². The third-order valence-corrected chi connectivity index (χ3v) is 6.52. The van der Waals surface area contributed by atoms with Crippen LogP contribution < -0.4 is 15.4 Å². The van der Waals surface area contributed by atoms with Crippen molar-refractivity contribution in [3.63, 3.8) is 0 Å². The second-order valence-electron chi connectivity index (χ2n) is 8.01. The summed E-state index contributed by atoms with van der Waals surface area (Å²) in [5, 5.41) is 9.07. The average molecular weight is 444 g/mol. The van der Waals surface area contributed by atoms with Crippen LogP contribution in [-0.4, -0.2) is 61.8 Å². The highest BCUT2D eigenvalue weighted by molar-refractivity contribution is 7.10. The smallest absolute Gasteiger partial charge is 0.213 e. The zero-order valence-corrected chi connectivity index (χ0v) is 19.1. The summed E-state index contributed by atoms with van der Waals surface area (Å²) < 4.78 is 11.4. The van der Waals surface area contributed by atoms with Crippen LogP contribution in [0.4, 0.5) is 0 Å². The summed E-state index contributed by atoms with van der Waals surface area (Å²) in [6, 6.07) is 8.66. The van der Waals surface area contributed by atoms with Crippen molar-refractivity contribution in [2.45, 2.75) is 32.4 Å². The van der Waals surface area contributed by atoms with Crippen LogP contribution >= 0.6 is 11.3 Å². The number of hydrogen-bond acceptors (Lipinski definition) is 6. The van der Waals surface area contributed by atoms with Gasteiger partial charge in [-0.3, -0.25) is 4.90 Å². The number of pyridine rings is 1. The van der Waals surface area contributed by atoms with Crippen LogP contribution in [0.5, 0.6) is 5.88 Å². The van der Waals surface area contributed by atoms with Gasteiger partial charge >= 0.3 is 0 Å². The van der Waals surface area contributed by atoms with Crippen LogP contribution in [0.3, 0.4) is 0 Å². The summed E-state index contributed by atoms with van der Waals surface area (Å²) in [5.41, 5.74) is 1.10. The number of nitrogens with zero attached hydrogens (tertiary/aromatic N) is 3. The lowest BCUT2D eigenvalue weighted by molar-refractivity contribution is 0.0177. The van der Waals surface area contributed by atoms with E-state index in [1.54, 1.807) is 6.20 Å². The van der Waals surface area contributed by atoms with Gasteiger partial charge in [0.2, 0.25) is 5.88 Å². The molecule has 3 heterocycles. The molecule has 1 saturated carbocycles. The molecule has 2 aliphatic rings. The average Bonchev–Trinajstić information content (AvgIpc) is 3.49. The zero-order chi connectivity index (χ0) is 21.3. The number of rotatable bonds is 10. The Bertz CT molecular complexity index is 819. The van der Waals surface area contributed by atoms with Gasteiger partial charge < -0.3 is 20.1 Å². The molecule has 1 saturated heterocycles. The van der Waals surface area contributed by atoms with E-state index in [0.717, 1.165) is 63.4 Å². The second kappa shape index (κ2) is 11.5. The molecule has 2 N–H and O–H groups in total. The minimum atomic E-state index is 0.316. The first-order chi connectivity index (χ1) is 15.3. The molecule has 2 aromatic heterocycles. The third-order valence-electron chi connectivity index (χ3n) is 5.55. The molecule has 1 aliphatic carbocycles. The van der Waals surface area contributed by atoms with Crippen LogP contribution in [0.25, 0.3) is 0 Å². The van der Waals surface area contributed by atoms with Gasteiger partial charge in [0.1, 0.15) is 0 Å². The topological polar surface area (TPSA) is 71.0 Å². The first kappa shape index (κ1) is 22.0. The third kappa shape index (κ3) is 6.92. The van der Waals surface area contributed by atoms with E-state index in [4.69, 9.17) is 14.5 Å². The van der Waals surface area contributed by atoms with Gasteiger partial charge in [0.05, 0.1) is 32.4 Å². The highest BCUT2D eigenvalue weighted by Gasteiger charge is 2.24. The summed E-state index contributed by atoms with van der Waals surface area (Å²) in [6.07, 6.45) is 4.36. The minimum absolute atomic E-state index is 0.316. The van der Waals surface area contributed by atoms with Crippen LogP contribution in [0.1, 0.15) is 36.2 Å². The number of aliphatic imine (C=N–C) groups is 1. The normalized spacial score (nSPS) is 18.5. The molecular formula is C23H33N5O2S. The molecule has 1 unspecified atom stereocenters. The van der Waals surface area contributed by atoms with E-state index in [2.05, 4.69) is 45.0 Å². The van der Waals surface area contributed by atoms with Gasteiger partial charge in [-0.2, -0.15) is 0 Å². The summed E-state index contributed by atoms with van der Waals surface area (Å²) in [5.74, 6) is 2.24. The molecule has 8 heteroatoms. The van der Waals surface area contributed by atoms with Gasteiger partial charge in [0.25, 0.3) is 0 Å². The van der Waals surface area contributed by atoms with Crippen LogP contribution in [0.15, 0.2) is 40.8 Å². The fourth-order valence-corrected chi connectivity index (χ4v) is 4.46. The monoisotopic (exact) mass is 443 g/mol. The number of hydrogen-bond donors (Lipinski definition) is 2. The van der Waals surface area contributed by atoms with E-state index in [0.29, 0.717) is 18.5 Å². The number of nitrogens with one attached hydrogen (secondary N) is 2. The minimum Gasteiger partial charge on any atom is -0.477 e. The quantitative estimate of drug-likeness (QED) is 0.434. The highest BCUT2D eigenvalue weighted by Crippen LogP contribution is 2.29. The largest absolute Gasteiger partial charge is 0.477 e. The fourth-order valence-electron chi connectivity index (χ4n) is 3.60. The van der Waals surface area contributed by atoms with Gasteiger partial charge in [-0.1, -0.05) is 6.07 Å². The number of ether oxygens (including phenoxy) is 2. The molecule has 0 bridgehead atoms. The van der Waals surface area contributed by atoms with Crippen molar-refractivity contribution in [1.29, 1.82) is 0 Å². The van der Waals surface area contributed by atoms with Gasteiger partial charge in [0, 0.05) is 43.3 Å². The summed E-state index contributed by atoms with van der Waals surface area (Å²) in [4.78, 5) is 13.0. The van der Waals surface area contributed by atoms with Crippen molar-refractivity contribution in [1.82, 2.24) is 20.5 Å². The van der Waals surface area contributed by atoms with Crippen molar-refractivity contribution >= 4 is 17.3 Å². The Kier molecular flexibility index (Phi) is 8.15. The van der Waals surface area contributed by atoms with E-state index >= 15 is 0 Å². The van der Waals surface area contributed by atoms with Crippen molar-refractivity contribution in [3.05, 3.63) is 46.3 Å². The molecule has 31 heavy (non-hydrogen) atoms. The molecule has 2 fully saturated rings. The standard InChI is InChI=1S/C23H33N5O2S/c1-2-24-23(26-15-19-7-8-25-22(14-19)30-17-18-5-6-18)27-16-20(21-4-3-13-31-21)28-9-11-29-12-10-28/h3-4,7-8,13-14,18,20H,2,5-6,9-12,15-17H2,1H3,(H2,24,26,27). The number of thiophene rings is 1. The van der Waals surface area contributed by atoms with Crippen molar-refractivity contribution in [2.24, 2.45) is 10.9 Å². The molecule has 168 valence electrons. The first-order valence-electron chi connectivity index (χ1n) is 11.3. The van der Waals surface area contributed by atoms with Crippen LogP contribution in [0.2, 0.25) is 0 Å². The molecule has 1 atom stereocenters. The molecule has 7 nitrogen and oxygen atoms in total. The Hall–Kier alpha value is -2.16. The van der Waals surface area contributed by atoms with E-state index in [1.807, 2.05) is 23.5 Å². The Morgan fingerprint density at radius 3 is 2.94 bits per heavy atom. The fraction of sp³-hybridized carbons (Fsp3) is 0.565. The first-order valence-corrected chi connectivity index (χ1v) is 12.1. The summed E-state index contributed by atoms with van der Waals surface area (Å²) >= 11 is 1.81. The maximum Gasteiger partial charge on any atom is 0.213 e. The van der Waals surface area contributed by atoms with Crippen LogP contribution in [-0.2, 0) is 11.3 Å². The molecular weight excluding hydrogens is 410 g/mol. The van der Waals surface area contributed by atoms with Crippen LogP contribution in [0, 0.1) is 5.92 Å². The predicted octanol–water partition coefficient (Wildman–Crippen LogP) is 3.06. The van der Waals surface area contributed by atoms with Crippen molar-refractivity contribution < 1.29 is 9.47 Å². The molecule has 0 spiro atoms. The highest BCUT2D eigenvalue weighted by atomic mass is 32.1. The Morgan fingerprint density at radius 1 is 1.32 bits per heavy atom. The van der Waals surface area contributed by atoms with Crippen molar-refractivity contribution in [3.8, 4) is 5.88 Å². The van der Waals surface area contributed by atoms with Gasteiger partial charge in [-0.15, -0.1) is 11.3 Å². The number of morpholine rings is 1. The molecule has 2 aromatic rings. The van der Waals surface area contributed by atoms with E-state index in [1.165, 1.54) is 17.7 Å². The zero-order valence-electron chi connectivity index (χ0n) is 18.3. The number of guanidine groups is 1. The second-order valence-corrected chi connectivity index (χ2v) is 8.99. The molecule has 4 rings (SSSR count). The molecule has 0 aromatic carbocycles. The predicted molar refractivity (Wildman–Crippen MR) is 125 cm³/mol. The lowest BCUT2D eigenvalue weighted by Crippen LogP contribution is -2.46. The Morgan fingerprint density at radius 2 is 2.19 bits per heavy atom. The van der Waals surface area contributed by atoms with Gasteiger partial charge in [-0.25, -0.2) is 9.98 Å². The Balaban J connectivity index is 1.36. The van der Waals surface area contributed by atoms with E-state index < -0.39 is 0 Å². The maximum absolute atomic E-state index is 5.81. The summed E-state index contributed by atoms with van der Waals surface area (Å²) in [7, 11) is 0. The molecule has 0 radical (unpaired) electrons. The van der Waals surface area contributed by atoms with Gasteiger partial charge in [-0.05, 0) is 48.8 Å². The summed E-state index contributed by atoms with van der Waals surface area (Å²) in [6.45, 7) is 8.57. The SMILES string of the molecule is CCNC(=NCc1ccnc(OCC2CC2)c1)NCC(c1cccs1)N1CCOCC1. The van der Waals surface area contributed by atoms with E-state index in [9.17, 15) is 0 Å².